The largest absolute Gasteiger partial charge is 0.497 e. The van der Waals surface area contributed by atoms with Crippen LogP contribution in [-0.4, -0.2) is 56.0 Å². The molecule has 7 nitrogen and oxygen atoms in total. The predicted molar refractivity (Wildman–Crippen MR) is 89.4 cm³/mol. The van der Waals surface area contributed by atoms with E-state index in [4.69, 9.17) is 10.5 Å². The van der Waals surface area contributed by atoms with Crippen molar-refractivity contribution in [1.29, 1.82) is 0 Å². The van der Waals surface area contributed by atoms with Crippen molar-refractivity contribution in [2.75, 3.05) is 45.3 Å². The van der Waals surface area contributed by atoms with Gasteiger partial charge in [0.2, 0.25) is 5.91 Å². The molecule has 0 aromatic heterocycles. The van der Waals surface area contributed by atoms with Crippen molar-refractivity contribution in [3.05, 3.63) is 18.2 Å². The molecule has 1 aromatic carbocycles. The SMILES string of the molecule is COc1ccc(N)c(NC(=O)C2CCN(C(=O)N(C)C)CC2)c1. The molecule has 1 aromatic rings. The first kappa shape index (κ1) is 16.9. The third kappa shape index (κ3) is 4.06. The molecule has 0 aliphatic carbocycles. The Labute approximate surface area is 136 Å². The number of likely N-dealkylation sites (tertiary alicyclic amines) is 1. The fourth-order valence-corrected chi connectivity index (χ4v) is 2.62. The minimum atomic E-state index is -0.119. The van der Waals surface area contributed by atoms with E-state index in [-0.39, 0.29) is 17.9 Å². The Bertz CT molecular complexity index is 581. The van der Waals surface area contributed by atoms with Crippen LogP contribution in [-0.2, 0) is 4.79 Å². The number of hydrogen-bond acceptors (Lipinski definition) is 4. The van der Waals surface area contributed by atoms with Crippen LogP contribution >= 0.6 is 0 Å². The normalized spacial score (nSPS) is 15.2. The van der Waals surface area contributed by atoms with Gasteiger partial charge < -0.3 is 25.6 Å². The number of anilines is 2. The number of urea groups is 1. The zero-order valence-electron chi connectivity index (χ0n) is 13.8. The minimum absolute atomic E-state index is 0.0131. The molecule has 0 atom stereocenters. The maximum atomic E-state index is 12.4. The first-order chi connectivity index (χ1) is 10.9. The summed E-state index contributed by atoms with van der Waals surface area (Å²) in [5.41, 5.74) is 6.94. The van der Waals surface area contributed by atoms with Crippen LogP contribution in [0.3, 0.4) is 0 Å². The number of carbonyl (C=O) groups is 2. The number of carbonyl (C=O) groups excluding carboxylic acids is 2. The van der Waals surface area contributed by atoms with Crippen LogP contribution in [0.2, 0.25) is 0 Å². The zero-order chi connectivity index (χ0) is 17.0. The van der Waals surface area contributed by atoms with Crippen molar-refractivity contribution in [3.8, 4) is 5.75 Å². The summed E-state index contributed by atoms with van der Waals surface area (Å²) in [5.74, 6) is 0.453. The van der Waals surface area contributed by atoms with Crippen LogP contribution in [0.5, 0.6) is 5.75 Å². The lowest BCUT2D eigenvalue weighted by Crippen LogP contribution is -2.45. The number of benzene rings is 1. The molecule has 1 heterocycles. The molecular weight excluding hydrogens is 296 g/mol. The fourth-order valence-electron chi connectivity index (χ4n) is 2.62. The van der Waals surface area contributed by atoms with Crippen molar-refractivity contribution >= 4 is 23.3 Å². The average molecular weight is 320 g/mol. The molecule has 3 amide bonds. The van der Waals surface area contributed by atoms with Gasteiger partial charge in [-0.2, -0.15) is 0 Å². The van der Waals surface area contributed by atoms with Crippen molar-refractivity contribution in [3.63, 3.8) is 0 Å². The van der Waals surface area contributed by atoms with E-state index < -0.39 is 0 Å². The topological polar surface area (TPSA) is 87.9 Å². The Morgan fingerprint density at radius 3 is 2.52 bits per heavy atom. The molecule has 0 unspecified atom stereocenters. The fraction of sp³-hybridized carbons (Fsp3) is 0.500. The molecule has 0 spiro atoms. The molecule has 7 heteroatoms. The zero-order valence-corrected chi connectivity index (χ0v) is 13.8. The van der Waals surface area contributed by atoms with E-state index in [1.807, 2.05) is 0 Å². The molecule has 1 aliphatic rings. The van der Waals surface area contributed by atoms with Gasteiger partial charge in [-0.25, -0.2) is 4.79 Å². The maximum absolute atomic E-state index is 12.4. The molecule has 1 fully saturated rings. The second kappa shape index (κ2) is 7.21. The number of methoxy groups -OCH3 is 1. The summed E-state index contributed by atoms with van der Waals surface area (Å²) in [6.07, 6.45) is 1.30. The number of nitrogens with one attached hydrogen (secondary N) is 1. The molecule has 1 saturated heterocycles. The number of hydrogen-bond donors (Lipinski definition) is 2. The second-order valence-corrected chi connectivity index (χ2v) is 5.88. The number of nitrogen functional groups attached to an aromatic ring is 1. The van der Waals surface area contributed by atoms with E-state index in [1.54, 1.807) is 49.2 Å². The first-order valence-electron chi connectivity index (χ1n) is 7.63. The number of piperidine rings is 1. The molecule has 23 heavy (non-hydrogen) atoms. The first-order valence-corrected chi connectivity index (χ1v) is 7.63. The summed E-state index contributed by atoms with van der Waals surface area (Å²) in [6.45, 7) is 1.17. The van der Waals surface area contributed by atoms with E-state index in [9.17, 15) is 9.59 Å². The van der Waals surface area contributed by atoms with Gasteiger partial charge in [-0.15, -0.1) is 0 Å². The number of rotatable bonds is 3. The summed E-state index contributed by atoms with van der Waals surface area (Å²) in [4.78, 5) is 27.6. The molecule has 0 radical (unpaired) electrons. The van der Waals surface area contributed by atoms with E-state index in [0.717, 1.165) is 0 Å². The lowest BCUT2D eigenvalue weighted by molar-refractivity contribution is -0.121. The molecule has 3 N–H and O–H groups in total. The molecular formula is C16H24N4O3. The highest BCUT2D eigenvalue weighted by molar-refractivity contribution is 5.95. The van der Waals surface area contributed by atoms with Crippen molar-refractivity contribution in [2.45, 2.75) is 12.8 Å². The number of amides is 3. The molecule has 0 bridgehead atoms. The van der Waals surface area contributed by atoms with E-state index in [0.29, 0.717) is 43.1 Å². The van der Waals surface area contributed by atoms with E-state index in [2.05, 4.69) is 5.32 Å². The molecule has 0 saturated carbocycles. The molecule has 1 aliphatic heterocycles. The Kier molecular flexibility index (Phi) is 5.31. The third-order valence-electron chi connectivity index (χ3n) is 4.04. The summed E-state index contributed by atoms with van der Waals surface area (Å²) in [6, 6.07) is 5.14. The third-order valence-corrected chi connectivity index (χ3v) is 4.04. The van der Waals surface area contributed by atoms with Crippen LogP contribution in [0.1, 0.15) is 12.8 Å². The van der Waals surface area contributed by atoms with Gasteiger partial charge in [0.1, 0.15) is 5.75 Å². The number of nitrogens with zero attached hydrogens (tertiary/aromatic N) is 2. The average Bonchev–Trinajstić information content (AvgIpc) is 2.56. The van der Waals surface area contributed by atoms with Crippen LogP contribution in [0.25, 0.3) is 0 Å². The minimum Gasteiger partial charge on any atom is -0.497 e. The Balaban J connectivity index is 1.94. The van der Waals surface area contributed by atoms with Crippen LogP contribution in [0.4, 0.5) is 16.2 Å². The van der Waals surface area contributed by atoms with Crippen LogP contribution in [0, 0.1) is 5.92 Å². The van der Waals surface area contributed by atoms with Gasteiger partial charge in [-0.3, -0.25) is 4.79 Å². The standard InChI is InChI=1S/C16H24N4O3/c1-19(2)16(22)20-8-6-11(7-9-20)15(21)18-14-10-12(23-3)4-5-13(14)17/h4-5,10-11H,6-9,17H2,1-3H3,(H,18,21). The molecule has 2 rings (SSSR count). The van der Waals surface area contributed by atoms with Gasteiger partial charge in [0.25, 0.3) is 0 Å². The summed E-state index contributed by atoms with van der Waals surface area (Å²) in [5, 5.41) is 2.86. The van der Waals surface area contributed by atoms with Gasteiger partial charge in [-0.05, 0) is 25.0 Å². The second-order valence-electron chi connectivity index (χ2n) is 5.88. The number of ether oxygens (including phenoxy) is 1. The highest BCUT2D eigenvalue weighted by Crippen LogP contribution is 2.26. The van der Waals surface area contributed by atoms with E-state index in [1.165, 1.54) is 0 Å². The van der Waals surface area contributed by atoms with E-state index >= 15 is 0 Å². The van der Waals surface area contributed by atoms with Crippen LogP contribution < -0.4 is 15.8 Å². The quantitative estimate of drug-likeness (QED) is 0.828. The van der Waals surface area contributed by atoms with Crippen molar-refractivity contribution in [1.82, 2.24) is 9.80 Å². The summed E-state index contributed by atoms with van der Waals surface area (Å²) >= 11 is 0. The summed E-state index contributed by atoms with van der Waals surface area (Å²) < 4.78 is 5.14. The molecule has 126 valence electrons. The van der Waals surface area contributed by atoms with Gasteiger partial charge >= 0.3 is 6.03 Å². The Morgan fingerprint density at radius 2 is 1.96 bits per heavy atom. The van der Waals surface area contributed by atoms with Gasteiger partial charge in [-0.1, -0.05) is 0 Å². The smallest absolute Gasteiger partial charge is 0.319 e. The monoisotopic (exact) mass is 320 g/mol. The predicted octanol–water partition coefficient (Wildman–Crippen LogP) is 1.61. The lowest BCUT2D eigenvalue weighted by Gasteiger charge is -2.33. The summed E-state index contributed by atoms with van der Waals surface area (Å²) in [7, 11) is 5.02. The maximum Gasteiger partial charge on any atom is 0.319 e. The lowest BCUT2D eigenvalue weighted by atomic mass is 9.96. The van der Waals surface area contributed by atoms with Crippen LogP contribution in [0.15, 0.2) is 18.2 Å². The van der Waals surface area contributed by atoms with Gasteiger partial charge in [0.05, 0.1) is 18.5 Å². The van der Waals surface area contributed by atoms with Crippen molar-refractivity contribution < 1.29 is 14.3 Å². The number of nitrogens with two attached hydrogens (primary N) is 1. The van der Waals surface area contributed by atoms with Gasteiger partial charge in [0, 0.05) is 39.2 Å². The van der Waals surface area contributed by atoms with Crippen molar-refractivity contribution in [2.24, 2.45) is 5.92 Å². The Morgan fingerprint density at radius 1 is 1.30 bits per heavy atom. The highest BCUT2D eigenvalue weighted by Gasteiger charge is 2.28. The highest BCUT2D eigenvalue weighted by atomic mass is 16.5. The Hall–Kier alpha value is -2.44. The van der Waals surface area contributed by atoms with Gasteiger partial charge in [0.15, 0.2) is 0 Å².